The Bertz CT molecular complexity index is 1450. The molecular formula is C24H18ClFN2O6. The highest BCUT2D eigenvalue weighted by Crippen LogP contribution is 2.40. The molecule has 3 aromatic carbocycles. The van der Waals surface area contributed by atoms with Gasteiger partial charge in [-0.3, -0.25) is 4.79 Å². The molecule has 0 aliphatic rings. The Morgan fingerprint density at radius 3 is 2.26 bits per heavy atom. The second-order valence-electron chi connectivity index (χ2n) is 6.97. The fourth-order valence-corrected chi connectivity index (χ4v) is 3.63. The highest BCUT2D eigenvalue weighted by Gasteiger charge is 2.22. The number of methoxy groups -OCH3 is 3. The quantitative estimate of drug-likeness (QED) is 0.406. The molecule has 8 nitrogen and oxygen atoms in total. The maximum Gasteiger partial charge on any atom is 0.365 e. The van der Waals surface area contributed by atoms with Crippen LogP contribution in [-0.2, 0) is 0 Å². The maximum absolute atomic E-state index is 13.4. The molecule has 10 heteroatoms. The van der Waals surface area contributed by atoms with Gasteiger partial charge in [0.25, 0.3) is 5.56 Å². The van der Waals surface area contributed by atoms with Crippen molar-refractivity contribution < 1.29 is 28.2 Å². The molecule has 1 aromatic heterocycles. The first-order chi connectivity index (χ1) is 16.4. The molecule has 0 aliphatic carbocycles. The summed E-state index contributed by atoms with van der Waals surface area (Å²) >= 11 is 6.00. The zero-order valence-electron chi connectivity index (χ0n) is 18.3. The van der Waals surface area contributed by atoms with Gasteiger partial charge in [0.15, 0.2) is 17.3 Å². The first kappa shape index (κ1) is 23.1. The van der Waals surface area contributed by atoms with Crippen LogP contribution in [-0.4, -0.2) is 37.0 Å². The zero-order chi connectivity index (χ0) is 24.4. The molecule has 4 rings (SSSR count). The van der Waals surface area contributed by atoms with Gasteiger partial charge in [0.05, 0.1) is 42.8 Å². The molecule has 0 bridgehead atoms. The second-order valence-corrected chi connectivity index (χ2v) is 7.38. The molecule has 0 radical (unpaired) electrons. The number of hydrogen-bond acceptors (Lipinski definition) is 7. The van der Waals surface area contributed by atoms with Gasteiger partial charge < -0.3 is 19.0 Å². The van der Waals surface area contributed by atoms with Crippen LogP contribution in [0.2, 0.25) is 5.02 Å². The summed E-state index contributed by atoms with van der Waals surface area (Å²) < 4.78 is 30.3. The Morgan fingerprint density at radius 1 is 0.971 bits per heavy atom. The van der Waals surface area contributed by atoms with Gasteiger partial charge in [-0.15, -0.1) is 4.73 Å². The summed E-state index contributed by atoms with van der Waals surface area (Å²) in [6.07, 6.45) is 0. The summed E-state index contributed by atoms with van der Waals surface area (Å²) in [5.74, 6) is -0.660. The van der Waals surface area contributed by atoms with E-state index in [0.717, 1.165) is 16.9 Å². The number of benzene rings is 3. The van der Waals surface area contributed by atoms with Crippen molar-refractivity contribution in [1.82, 2.24) is 9.71 Å². The fraction of sp³-hybridized carbons (Fsp3) is 0.125. The molecule has 0 atom stereocenters. The monoisotopic (exact) mass is 484 g/mol. The van der Waals surface area contributed by atoms with Crippen LogP contribution in [0.4, 0.5) is 4.39 Å². The van der Waals surface area contributed by atoms with Gasteiger partial charge in [0.2, 0.25) is 5.75 Å². The van der Waals surface area contributed by atoms with Gasteiger partial charge in [-0.1, -0.05) is 23.7 Å². The van der Waals surface area contributed by atoms with Crippen LogP contribution in [0.25, 0.3) is 22.3 Å². The lowest BCUT2D eigenvalue weighted by molar-refractivity contribution is 0.0450. The van der Waals surface area contributed by atoms with Crippen LogP contribution >= 0.6 is 11.6 Å². The van der Waals surface area contributed by atoms with E-state index >= 15 is 0 Å². The lowest BCUT2D eigenvalue weighted by Crippen LogP contribution is -2.33. The number of rotatable bonds is 6. The number of halogens is 2. The van der Waals surface area contributed by atoms with Gasteiger partial charge in [-0.2, -0.15) is 0 Å². The zero-order valence-corrected chi connectivity index (χ0v) is 19.1. The van der Waals surface area contributed by atoms with Crippen LogP contribution < -0.4 is 24.6 Å². The van der Waals surface area contributed by atoms with E-state index in [1.54, 1.807) is 36.4 Å². The van der Waals surface area contributed by atoms with E-state index in [1.165, 1.54) is 27.4 Å². The van der Waals surface area contributed by atoms with Crippen molar-refractivity contribution >= 4 is 28.5 Å². The molecule has 0 fully saturated rings. The minimum Gasteiger partial charge on any atom is -0.493 e. The average molecular weight is 485 g/mol. The van der Waals surface area contributed by atoms with Crippen LogP contribution in [0.5, 0.6) is 17.2 Å². The largest absolute Gasteiger partial charge is 0.493 e. The summed E-state index contributed by atoms with van der Waals surface area (Å²) in [4.78, 5) is 36.2. The maximum atomic E-state index is 13.4. The number of hydrogen-bond donors (Lipinski definition) is 0. The lowest BCUT2D eigenvalue weighted by Gasteiger charge is -2.17. The lowest BCUT2D eigenvalue weighted by atomic mass is 10.1. The molecule has 4 aromatic rings. The van der Waals surface area contributed by atoms with Gasteiger partial charge in [-0.25, -0.2) is 14.2 Å². The van der Waals surface area contributed by atoms with Crippen molar-refractivity contribution in [2.75, 3.05) is 21.3 Å². The van der Waals surface area contributed by atoms with Crippen LogP contribution in [0, 0.1) is 5.82 Å². The van der Waals surface area contributed by atoms with Crippen LogP contribution in [0.15, 0.2) is 59.4 Å². The first-order valence-electron chi connectivity index (χ1n) is 9.87. The van der Waals surface area contributed by atoms with Crippen molar-refractivity contribution in [3.63, 3.8) is 0 Å². The highest BCUT2D eigenvalue weighted by atomic mass is 35.5. The number of nitrogens with zero attached hydrogens (tertiary/aromatic N) is 2. The summed E-state index contributed by atoms with van der Waals surface area (Å²) in [6, 6.07) is 12.9. The minimum atomic E-state index is -0.974. The molecule has 0 aliphatic heterocycles. The van der Waals surface area contributed by atoms with E-state index in [1.807, 2.05) is 0 Å². The van der Waals surface area contributed by atoms with Crippen molar-refractivity contribution in [2.45, 2.75) is 0 Å². The number of fused-ring (bicyclic) bond motifs is 1. The van der Waals surface area contributed by atoms with Gasteiger partial charge in [0, 0.05) is 5.56 Å². The predicted molar refractivity (Wildman–Crippen MR) is 123 cm³/mol. The van der Waals surface area contributed by atoms with Crippen molar-refractivity contribution in [3.8, 4) is 28.6 Å². The standard InChI is InChI=1S/C24H18ClFN2O6/c1-31-19-10-13(11-20(32-2)21(19)33-3)22-27-18-7-5-4-6-16(18)23(29)28(22)34-24(30)15-9-8-14(26)12-17(15)25/h4-12H,1-3H3. The first-order valence-corrected chi connectivity index (χ1v) is 10.3. The van der Waals surface area contributed by atoms with Gasteiger partial charge in [0.1, 0.15) is 5.82 Å². The molecule has 0 N–H and O–H groups in total. The average Bonchev–Trinajstić information content (AvgIpc) is 2.84. The summed E-state index contributed by atoms with van der Waals surface area (Å²) in [6.45, 7) is 0. The Kier molecular flexibility index (Phi) is 6.38. The Labute approximate surface area is 198 Å². The third-order valence-corrected chi connectivity index (χ3v) is 5.30. The molecule has 1 heterocycles. The van der Waals surface area contributed by atoms with Gasteiger partial charge >= 0.3 is 5.97 Å². The molecule has 0 saturated carbocycles. The third-order valence-electron chi connectivity index (χ3n) is 4.99. The van der Waals surface area contributed by atoms with E-state index in [4.69, 9.17) is 30.6 Å². The fourth-order valence-electron chi connectivity index (χ4n) is 3.38. The topological polar surface area (TPSA) is 88.9 Å². The number of ether oxygens (including phenoxy) is 3. The number of carbonyl (C=O) groups excluding carboxylic acids is 1. The summed E-state index contributed by atoms with van der Waals surface area (Å²) in [5.41, 5.74) is -0.0429. The Hall–Kier alpha value is -4.11. The predicted octanol–water partition coefficient (Wildman–Crippen LogP) is 4.15. The smallest absolute Gasteiger partial charge is 0.365 e. The Morgan fingerprint density at radius 2 is 1.65 bits per heavy atom. The SMILES string of the molecule is COc1cc(-c2nc3ccccc3c(=O)n2OC(=O)c2ccc(F)cc2Cl)cc(OC)c1OC. The summed E-state index contributed by atoms with van der Waals surface area (Å²) in [7, 11) is 4.34. The van der Waals surface area contributed by atoms with Crippen LogP contribution in [0.1, 0.15) is 10.4 Å². The van der Waals surface area contributed by atoms with E-state index < -0.39 is 17.3 Å². The molecule has 34 heavy (non-hydrogen) atoms. The van der Waals surface area contributed by atoms with Crippen LogP contribution in [0.3, 0.4) is 0 Å². The normalized spacial score (nSPS) is 10.7. The second kappa shape index (κ2) is 9.40. The van der Waals surface area contributed by atoms with E-state index in [2.05, 4.69) is 4.98 Å². The van der Waals surface area contributed by atoms with Gasteiger partial charge in [-0.05, 0) is 42.5 Å². The molecule has 0 saturated heterocycles. The summed E-state index contributed by atoms with van der Waals surface area (Å²) in [5, 5.41) is 0.0535. The minimum absolute atomic E-state index is 0.00506. The molecule has 0 unspecified atom stereocenters. The number of para-hydroxylation sites is 1. The van der Waals surface area contributed by atoms with Crippen molar-refractivity contribution in [3.05, 3.63) is 81.4 Å². The molecular weight excluding hydrogens is 467 g/mol. The van der Waals surface area contributed by atoms with Crippen molar-refractivity contribution in [2.24, 2.45) is 0 Å². The number of carbonyl (C=O) groups is 1. The van der Waals surface area contributed by atoms with E-state index in [-0.39, 0.29) is 21.8 Å². The third kappa shape index (κ3) is 4.13. The molecule has 174 valence electrons. The Balaban J connectivity index is 1.95. The molecule has 0 spiro atoms. The number of aromatic nitrogens is 2. The van der Waals surface area contributed by atoms with E-state index in [9.17, 15) is 14.0 Å². The van der Waals surface area contributed by atoms with Crippen molar-refractivity contribution in [1.29, 1.82) is 0 Å². The van der Waals surface area contributed by atoms with E-state index in [0.29, 0.717) is 28.3 Å². The highest BCUT2D eigenvalue weighted by molar-refractivity contribution is 6.33. The molecule has 0 amide bonds.